The number of amides is 1. The first-order valence-corrected chi connectivity index (χ1v) is 10.3. The van der Waals surface area contributed by atoms with Crippen LogP contribution >= 0.6 is 23.2 Å². The predicted molar refractivity (Wildman–Crippen MR) is 119 cm³/mol. The molecule has 0 unspecified atom stereocenters. The summed E-state index contributed by atoms with van der Waals surface area (Å²) in [6, 6.07) is 16.3. The maximum atomic E-state index is 12.9. The first kappa shape index (κ1) is 21.2. The van der Waals surface area contributed by atoms with Crippen molar-refractivity contribution < 1.29 is 4.79 Å². The molecule has 3 rings (SSSR count). The van der Waals surface area contributed by atoms with E-state index < -0.39 is 5.91 Å². The van der Waals surface area contributed by atoms with Crippen LogP contribution in [-0.4, -0.2) is 10.5 Å². The number of aromatic nitrogens is 1. The summed E-state index contributed by atoms with van der Waals surface area (Å²) in [4.78, 5) is 25.7. The second kappa shape index (κ2) is 9.77. The van der Waals surface area contributed by atoms with Gasteiger partial charge in [-0.15, -0.1) is 0 Å². The van der Waals surface area contributed by atoms with Gasteiger partial charge < -0.3 is 9.88 Å². The van der Waals surface area contributed by atoms with Crippen LogP contribution in [0.1, 0.15) is 35.7 Å². The summed E-state index contributed by atoms with van der Waals surface area (Å²) in [5, 5.41) is 3.83. The number of halogens is 2. The van der Waals surface area contributed by atoms with Crippen molar-refractivity contribution in [1.82, 2.24) is 9.88 Å². The molecule has 29 heavy (non-hydrogen) atoms. The Labute approximate surface area is 180 Å². The number of nitrogens with one attached hydrogen (secondary N) is 1. The van der Waals surface area contributed by atoms with Gasteiger partial charge in [0.15, 0.2) is 0 Å². The molecule has 0 saturated heterocycles. The lowest BCUT2D eigenvalue weighted by Gasteiger charge is -2.13. The van der Waals surface area contributed by atoms with Gasteiger partial charge in [0, 0.05) is 40.5 Å². The Hall–Kier alpha value is -2.56. The average molecular weight is 429 g/mol. The van der Waals surface area contributed by atoms with Crippen molar-refractivity contribution in [1.29, 1.82) is 0 Å². The van der Waals surface area contributed by atoms with Gasteiger partial charge >= 0.3 is 0 Å². The third-order valence-corrected chi connectivity index (χ3v) is 5.17. The lowest BCUT2D eigenvalue weighted by atomic mass is 10.0. The van der Waals surface area contributed by atoms with E-state index in [0.29, 0.717) is 28.7 Å². The maximum Gasteiger partial charge on any atom is 0.263 e. The third kappa shape index (κ3) is 5.28. The molecular formula is C23H22Cl2N2O2. The molecule has 0 spiro atoms. The SMILES string of the molecule is CCCCn1cc(-c2ccc(Cl)cc2Cl)cc(C(=O)NCc2ccccc2)c1=O. The molecular weight excluding hydrogens is 407 g/mol. The molecule has 0 saturated carbocycles. The van der Waals surface area contributed by atoms with Gasteiger partial charge in [0.2, 0.25) is 0 Å². The number of rotatable bonds is 7. The largest absolute Gasteiger partial charge is 0.348 e. The third-order valence-electron chi connectivity index (χ3n) is 4.62. The van der Waals surface area contributed by atoms with Gasteiger partial charge in [0.25, 0.3) is 11.5 Å². The minimum Gasteiger partial charge on any atom is -0.348 e. The zero-order valence-electron chi connectivity index (χ0n) is 16.1. The molecule has 0 atom stereocenters. The van der Waals surface area contributed by atoms with Gasteiger partial charge in [0.05, 0.1) is 0 Å². The van der Waals surface area contributed by atoms with Crippen molar-refractivity contribution >= 4 is 29.1 Å². The molecule has 1 amide bonds. The number of pyridine rings is 1. The molecule has 150 valence electrons. The van der Waals surface area contributed by atoms with Crippen LogP contribution in [0.15, 0.2) is 65.6 Å². The Morgan fingerprint density at radius 3 is 2.52 bits per heavy atom. The van der Waals surface area contributed by atoms with Crippen LogP contribution in [0.2, 0.25) is 10.0 Å². The molecule has 2 aromatic carbocycles. The number of benzene rings is 2. The summed E-state index contributed by atoms with van der Waals surface area (Å²) >= 11 is 12.4. The highest BCUT2D eigenvalue weighted by Crippen LogP contribution is 2.30. The molecule has 3 aromatic rings. The lowest BCUT2D eigenvalue weighted by molar-refractivity contribution is 0.0949. The highest BCUT2D eigenvalue weighted by molar-refractivity contribution is 6.36. The van der Waals surface area contributed by atoms with Crippen LogP contribution in [0.5, 0.6) is 0 Å². The number of unbranched alkanes of at least 4 members (excludes halogenated alkanes) is 1. The molecule has 1 N–H and O–H groups in total. The van der Waals surface area contributed by atoms with Crippen molar-refractivity contribution in [2.75, 3.05) is 0 Å². The zero-order chi connectivity index (χ0) is 20.8. The van der Waals surface area contributed by atoms with Crippen LogP contribution < -0.4 is 10.9 Å². The van der Waals surface area contributed by atoms with Crippen LogP contribution in [0.25, 0.3) is 11.1 Å². The van der Waals surface area contributed by atoms with Crippen molar-refractivity contribution in [3.05, 3.63) is 92.3 Å². The fraction of sp³-hybridized carbons (Fsp3) is 0.217. The van der Waals surface area contributed by atoms with E-state index in [0.717, 1.165) is 24.0 Å². The minimum atomic E-state index is -0.406. The van der Waals surface area contributed by atoms with Gasteiger partial charge in [-0.25, -0.2) is 0 Å². The molecule has 6 heteroatoms. The predicted octanol–water partition coefficient (Wildman–Crippen LogP) is 5.55. The van der Waals surface area contributed by atoms with Crippen molar-refractivity contribution in [2.24, 2.45) is 0 Å². The fourth-order valence-electron chi connectivity index (χ4n) is 3.04. The van der Waals surface area contributed by atoms with E-state index in [2.05, 4.69) is 12.2 Å². The summed E-state index contributed by atoms with van der Waals surface area (Å²) in [5.74, 6) is -0.406. The Bertz CT molecular complexity index is 1060. The number of nitrogens with zero attached hydrogens (tertiary/aromatic N) is 1. The molecule has 0 radical (unpaired) electrons. The van der Waals surface area contributed by atoms with Gasteiger partial charge in [-0.05, 0) is 30.2 Å². The molecule has 0 aliphatic rings. The number of hydrogen-bond donors (Lipinski definition) is 1. The molecule has 1 aromatic heterocycles. The standard InChI is InChI=1S/C23H22Cl2N2O2/c1-2-3-11-27-15-17(19-10-9-18(24)13-21(19)25)12-20(23(27)29)22(28)26-14-16-7-5-4-6-8-16/h4-10,12-13,15H,2-3,11,14H2,1H3,(H,26,28). The highest BCUT2D eigenvalue weighted by Gasteiger charge is 2.16. The molecule has 4 nitrogen and oxygen atoms in total. The van der Waals surface area contributed by atoms with Gasteiger partial charge in [-0.1, -0.05) is 72.9 Å². The zero-order valence-corrected chi connectivity index (χ0v) is 17.6. The van der Waals surface area contributed by atoms with Gasteiger partial charge in [-0.3, -0.25) is 9.59 Å². The van der Waals surface area contributed by atoms with Crippen molar-refractivity contribution in [3.8, 4) is 11.1 Å². The Morgan fingerprint density at radius 2 is 1.83 bits per heavy atom. The molecule has 0 aliphatic heterocycles. The van der Waals surface area contributed by atoms with E-state index in [1.807, 2.05) is 30.3 Å². The van der Waals surface area contributed by atoms with E-state index in [4.69, 9.17) is 23.2 Å². The highest BCUT2D eigenvalue weighted by atomic mass is 35.5. The second-order valence-electron chi connectivity index (χ2n) is 6.79. The maximum absolute atomic E-state index is 12.9. The van der Waals surface area contributed by atoms with E-state index in [1.54, 1.807) is 35.0 Å². The number of carbonyl (C=O) groups excluding carboxylic acids is 1. The van der Waals surface area contributed by atoms with E-state index >= 15 is 0 Å². The Kier molecular flexibility index (Phi) is 7.13. The Morgan fingerprint density at radius 1 is 1.07 bits per heavy atom. The summed E-state index contributed by atoms with van der Waals surface area (Å²) < 4.78 is 1.58. The van der Waals surface area contributed by atoms with E-state index in [-0.39, 0.29) is 11.1 Å². The second-order valence-corrected chi connectivity index (χ2v) is 7.63. The van der Waals surface area contributed by atoms with Gasteiger partial charge in [-0.2, -0.15) is 0 Å². The molecule has 0 aliphatic carbocycles. The monoisotopic (exact) mass is 428 g/mol. The molecule has 0 bridgehead atoms. The van der Waals surface area contributed by atoms with Crippen molar-refractivity contribution in [2.45, 2.75) is 32.9 Å². The summed E-state index contributed by atoms with van der Waals surface area (Å²) in [6.45, 7) is 2.94. The van der Waals surface area contributed by atoms with Crippen LogP contribution in [0, 0.1) is 0 Å². The molecule has 1 heterocycles. The molecule has 0 fully saturated rings. The topological polar surface area (TPSA) is 51.1 Å². The minimum absolute atomic E-state index is 0.0977. The fourth-order valence-corrected chi connectivity index (χ4v) is 3.55. The van der Waals surface area contributed by atoms with E-state index in [1.165, 1.54) is 0 Å². The van der Waals surface area contributed by atoms with E-state index in [9.17, 15) is 9.59 Å². The van der Waals surface area contributed by atoms with Crippen LogP contribution in [0.3, 0.4) is 0 Å². The number of carbonyl (C=O) groups is 1. The summed E-state index contributed by atoms with van der Waals surface area (Å²) in [5.41, 5.74) is 2.17. The normalized spacial score (nSPS) is 10.7. The summed E-state index contributed by atoms with van der Waals surface area (Å²) in [6.07, 6.45) is 3.53. The Balaban J connectivity index is 1.98. The first-order valence-electron chi connectivity index (χ1n) is 9.51. The lowest BCUT2D eigenvalue weighted by Crippen LogP contribution is -2.33. The van der Waals surface area contributed by atoms with Crippen LogP contribution in [-0.2, 0) is 13.1 Å². The van der Waals surface area contributed by atoms with Gasteiger partial charge in [0.1, 0.15) is 5.56 Å². The summed E-state index contributed by atoms with van der Waals surface area (Å²) in [7, 11) is 0. The van der Waals surface area contributed by atoms with Crippen LogP contribution in [0.4, 0.5) is 0 Å². The number of hydrogen-bond acceptors (Lipinski definition) is 2. The first-order chi connectivity index (χ1) is 14.0. The average Bonchev–Trinajstić information content (AvgIpc) is 2.72. The number of aryl methyl sites for hydroxylation is 1. The smallest absolute Gasteiger partial charge is 0.263 e. The quantitative estimate of drug-likeness (QED) is 0.535. The van der Waals surface area contributed by atoms with Crippen molar-refractivity contribution in [3.63, 3.8) is 0 Å².